The Morgan fingerprint density at radius 1 is 1.26 bits per heavy atom. The number of furan rings is 1. The van der Waals surface area contributed by atoms with Crippen LogP contribution in [0.25, 0.3) is 0 Å². The first-order valence-electron chi connectivity index (χ1n) is 10.2. The zero-order valence-corrected chi connectivity index (χ0v) is 17.0. The smallest absolute Gasteiger partial charge is 0.287 e. The molecule has 2 rings (SSSR count). The highest BCUT2D eigenvalue weighted by Gasteiger charge is 2.19. The minimum Gasteiger partial charge on any atom is -0.459 e. The molecule has 2 heterocycles. The summed E-state index contributed by atoms with van der Waals surface area (Å²) in [4.78, 5) is 18.8. The number of likely N-dealkylation sites (tertiary alicyclic amines) is 1. The number of rotatable bonds is 9. The molecule has 1 saturated heterocycles. The molecule has 3 N–H and O–H groups in total. The third-order valence-electron chi connectivity index (χ3n) is 4.98. The van der Waals surface area contributed by atoms with Crippen LogP contribution in [0, 0.1) is 6.92 Å². The van der Waals surface area contributed by atoms with Crippen LogP contribution in [0.15, 0.2) is 21.7 Å². The molecule has 1 amide bonds. The van der Waals surface area contributed by atoms with Crippen molar-refractivity contribution in [1.29, 1.82) is 0 Å². The minimum atomic E-state index is -0.158. The van der Waals surface area contributed by atoms with E-state index in [-0.39, 0.29) is 5.91 Å². The van der Waals surface area contributed by atoms with Crippen LogP contribution in [0.2, 0.25) is 0 Å². The van der Waals surface area contributed by atoms with E-state index in [2.05, 4.69) is 32.8 Å². The van der Waals surface area contributed by atoms with Gasteiger partial charge in [0.2, 0.25) is 0 Å². The summed E-state index contributed by atoms with van der Waals surface area (Å²) in [6.07, 6.45) is 7.22. The molecule has 1 aliphatic rings. The molecule has 0 radical (unpaired) electrons. The first kappa shape index (κ1) is 21.3. The van der Waals surface area contributed by atoms with Crippen LogP contribution in [-0.2, 0) is 0 Å². The molecular formula is C20H35N5O2. The second kappa shape index (κ2) is 11.6. The lowest BCUT2D eigenvalue weighted by molar-refractivity contribution is 0.0925. The molecule has 0 aliphatic carbocycles. The normalized spacial score (nSPS) is 16.3. The third kappa shape index (κ3) is 7.25. The van der Waals surface area contributed by atoms with E-state index in [0.29, 0.717) is 18.3 Å². The van der Waals surface area contributed by atoms with Gasteiger partial charge in [-0.1, -0.05) is 13.3 Å². The van der Waals surface area contributed by atoms with Gasteiger partial charge in [0.25, 0.3) is 5.91 Å². The molecule has 152 valence electrons. The van der Waals surface area contributed by atoms with Crippen LogP contribution in [0.3, 0.4) is 0 Å². The van der Waals surface area contributed by atoms with Gasteiger partial charge < -0.3 is 25.3 Å². The number of unbranched alkanes of at least 4 members (excludes halogenated alkanes) is 1. The Labute approximate surface area is 163 Å². The maximum atomic E-state index is 12.0. The Kier molecular flexibility index (Phi) is 9.18. The Balaban J connectivity index is 1.58. The van der Waals surface area contributed by atoms with E-state index in [0.717, 1.165) is 50.4 Å². The molecule has 1 aromatic heterocycles. The largest absolute Gasteiger partial charge is 0.459 e. The van der Waals surface area contributed by atoms with Crippen LogP contribution in [0.1, 0.15) is 55.1 Å². The number of carbonyl (C=O) groups is 1. The van der Waals surface area contributed by atoms with Gasteiger partial charge in [0.15, 0.2) is 11.7 Å². The Bertz CT molecular complexity index is 591. The Morgan fingerprint density at radius 2 is 2.00 bits per heavy atom. The van der Waals surface area contributed by atoms with Gasteiger partial charge in [0.05, 0.1) is 6.26 Å². The van der Waals surface area contributed by atoms with Crippen molar-refractivity contribution in [3.05, 3.63) is 23.7 Å². The Morgan fingerprint density at radius 3 is 2.63 bits per heavy atom. The number of nitrogens with one attached hydrogen (secondary N) is 3. The zero-order valence-electron chi connectivity index (χ0n) is 17.0. The number of aliphatic imine (C=N–C) groups is 1. The van der Waals surface area contributed by atoms with Crippen molar-refractivity contribution in [2.24, 2.45) is 4.99 Å². The topological polar surface area (TPSA) is 81.9 Å². The fraction of sp³-hybridized carbons (Fsp3) is 0.700. The first-order chi connectivity index (χ1) is 13.1. The van der Waals surface area contributed by atoms with Gasteiger partial charge in [-0.05, 0) is 45.2 Å². The fourth-order valence-corrected chi connectivity index (χ4v) is 3.25. The minimum absolute atomic E-state index is 0.158. The van der Waals surface area contributed by atoms with Crippen molar-refractivity contribution < 1.29 is 9.21 Å². The van der Waals surface area contributed by atoms with Gasteiger partial charge in [-0.3, -0.25) is 9.79 Å². The zero-order chi connectivity index (χ0) is 19.5. The number of piperidine rings is 1. The predicted molar refractivity (Wildman–Crippen MR) is 109 cm³/mol. The van der Waals surface area contributed by atoms with Gasteiger partial charge in [-0.25, -0.2) is 0 Å². The standard InChI is InChI=1S/C20H35N5O2/c1-4-5-12-25-13-7-17(8-14-25)24-20(21-3)23-11-6-10-22-19(26)18-16(2)9-15-27-18/h9,15,17H,4-8,10-14H2,1-3H3,(H,22,26)(H2,21,23,24). The van der Waals surface area contributed by atoms with E-state index < -0.39 is 0 Å². The lowest BCUT2D eigenvalue weighted by Crippen LogP contribution is -2.49. The summed E-state index contributed by atoms with van der Waals surface area (Å²) in [6.45, 7) is 9.00. The van der Waals surface area contributed by atoms with Crippen molar-refractivity contribution in [2.75, 3.05) is 39.8 Å². The second-order valence-electron chi connectivity index (χ2n) is 7.15. The number of aryl methyl sites for hydroxylation is 1. The van der Waals surface area contributed by atoms with Crippen molar-refractivity contribution >= 4 is 11.9 Å². The molecule has 7 nitrogen and oxygen atoms in total. The number of nitrogens with zero attached hydrogens (tertiary/aromatic N) is 2. The molecule has 27 heavy (non-hydrogen) atoms. The quantitative estimate of drug-likeness (QED) is 0.349. The molecule has 7 heteroatoms. The molecule has 0 bridgehead atoms. The number of hydrogen-bond acceptors (Lipinski definition) is 4. The lowest BCUT2D eigenvalue weighted by Gasteiger charge is -2.33. The van der Waals surface area contributed by atoms with Crippen molar-refractivity contribution in [3.63, 3.8) is 0 Å². The molecule has 0 saturated carbocycles. The van der Waals surface area contributed by atoms with Gasteiger partial charge in [0.1, 0.15) is 0 Å². The second-order valence-corrected chi connectivity index (χ2v) is 7.15. The van der Waals surface area contributed by atoms with E-state index >= 15 is 0 Å². The molecule has 0 unspecified atom stereocenters. The molecule has 1 aromatic rings. The van der Waals surface area contributed by atoms with E-state index in [9.17, 15) is 4.79 Å². The van der Waals surface area contributed by atoms with Gasteiger partial charge in [-0.15, -0.1) is 0 Å². The van der Waals surface area contributed by atoms with Crippen molar-refractivity contribution in [1.82, 2.24) is 20.9 Å². The molecule has 0 spiro atoms. The highest BCUT2D eigenvalue weighted by molar-refractivity contribution is 5.92. The van der Waals surface area contributed by atoms with Crippen LogP contribution in [-0.4, -0.2) is 62.6 Å². The van der Waals surface area contributed by atoms with E-state index in [4.69, 9.17) is 4.42 Å². The molecule has 0 aromatic carbocycles. The summed E-state index contributed by atoms with van der Waals surface area (Å²) in [5, 5.41) is 9.74. The summed E-state index contributed by atoms with van der Waals surface area (Å²) in [6, 6.07) is 2.27. The van der Waals surface area contributed by atoms with Crippen LogP contribution < -0.4 is 16.0 Å². The van der Waals surface area contributed by atoms with E-state index in [1.54, 1.807) is 13.1 Å². The average molecular weight is 378 g/mol. The van der Waals surface area contributed by atoms with Gasteiger partial charge in [0, 0.05) is 44.8 Å². The highest BCUT2D eigenvalue weighted by Crippen LogP contribution is 2.11. The number of carbonyl (C=O) groups excluding carboxylic acids is 1. The monoisotopic (exact) mass is 377 g/mol. The predicted octanol–water partition coefficient (Wildman–Crippen LogP) is 2.14. The third-order valence-corrected chi connectivity index (χ3v) is 4.98. The summed E-state index contributed by atoms with van der Waals surface area (Å²) in [5.41, 5.74) is 0.857. The number of amides is 1. The maximum absolute atomic E-state index is 12.0. The van der Waals surface area contributed by atoms with Crippen LogP contribution >= 0.6 is 0 Å². The summed E-state index contributed by atoms with van der Waals surface area (Å²) in [5.74, 6) is 1.08. The van der Waals surface area contributed by atoms with Crippen molar-refractivity contribution in [2.45, 2.75) is 52.0 Å². The fourth-order valence-electron chi connectivity index (χ4n) is 3.25. The molecule has 0 atom stereocenters. The van der Waals surface area contributed by atoms with Crippen LogP contribution in [0.4, 0.5) is 0 Å². The summed E-state index contributed by atoms with van der Waals surface area (Å²) >= 11 is 0. The first-order valence-corrected chi connectivity index (χ1v) is 10.2. The summed E-state index contributed by atoms with van der Waals surface area (Å²) < 4.78 is 5.19. The number of guanidine groups is 1. The van der Waals surface area contributed by atoms with Crippen LogP contribution in [0.5, 0.6) is 0 Å². The van der Waals surface area contributed by atoms with Gasteiger partial charge >= 0.3 is 0 Å². The maximum Gasteiger partial charge on any atom is 0.287 e. The average Bonchev–Trinajstić information content (AvgIpc) is 3.12. The SMILES string of the molecule is CCCCN1CCC(NC(=NC)NCCCNC(=O)c2occc2C)CC1. The van der Waals surface area contributed by atoms with Crippen molar-refractivity contribution in [3.8, 4) is 0 Å². The lowest BCUT2D eigenvalue weighted by atomic mass is 10.0. The number of hydrogen-bond donors (Lipinski definition) is 3. The molecule has 1 fully saturated rings. The summed E-state index contributed by atoms with van der Waals surface area (Å²) in [7, 11) is 1.80. The Hall–Kier alpha value is -2.02. The van der Waals surface area contributed by atoms with E-state index in [1.807, 2.05) is 6.92 Å². The van der Waals surface area contributed by atoms with Gasteiger partial charge in [-0.2, -0.15) is 0 Å². The molecule has 1 aliphatic heterocycles. The highest BCUT2D eigenvalue weighted by atomic mass is 16.3. The van der Waals surface area contributed by atoms with E-state index in [1.165, 1.54) is 25.6 Å². The molecular weight excluding hydrogens is 342 g/mol.